The molecule has 34 heavy (non-hydrogen) atoms. The summed E-state index contributed by atoms with van der Waals surface area (Å²) in [7, 11) is 0. The summed E-state index contributed by atoms with van der Waals surface area (Å²) in [6.07, 6.45) is 1.78. The number of hydrogen-bond donors (Lipinski definition) is 2. The Bertz CT molecular complexity index is 1180. The van der Waals surface area contributed by atoms with E-state index in [1.807, 2.05) is 0 Å². The minimum Gasteiger partial charge on any atom is -0.379 e. The SMILES string of the molecule is CC(CC(=O)N[C@H]1C[C@@H](c2c(-c3ccc(F)cc3)[nH]c3c(F)cc(F)cc32)C1)N1CCOCC1. The van der Waals surface area contributed by atoms with Crippen LogP contribution in [-0.4, -0.2) is 54.2 Å². The quantitative estimate of drug-likeness (QED) is 0.547. The number of aromatic amines is 1. The first kappa shape index (κ1) is 22.9. The molecule has 1 amide bonds. The number of ether oxygens (including phenoxy) is 1. The Morgan fingerprint density at radius 1 is 1.12 bits per heavy atom. The summed E-state index contributed by atoms with van der Waals surface area (Å²) in [5.74, 6) is -1.63. The number of benzene rings is 2. The van der Waals surface area contributed by atoms with Crippen molar-refractivity contribution in [1.29, 1.82) is 0 Å². The molecule has 5 rings (SSSR count). The number of halogens is 3. The maximum atomic E-state index is 14.5. The average molecular weight is 472 g/mol. The second-order valence-corrected chi connectivity index (χ2v) is 9.36. The number of aromatic nitrogens is 1. The topological polar surface area (TPSA) is 57.4 Å². The Hall–Kier alpha value is -2.84. The van der Waals surface area contributed by atoms with E-state index in [9.17, 15) is 18.0 Å². The minimum absolute atomic E-state index is 0.0113. The number of amides is 1. The molecular formula is C26H28F3N3O2. The first-order chi connectivity index (χ1) is 16.4. The number of H-pyrrole nitrogens is 1. The molecule has 8 heteroatoms. The van der Waals surface area contributed by atoms with Crippen LogP contribution >= 0.6 is 0 Å². The molecule has 3 aromatic rings. The molecule has 2 aliphatic rings. The van der Waals surface area contributed by atoms with Gasteiger partial charge in [0.1, 0.15) is 17.5 Å². The van der Waals surface area contributed by atoms with Gasteiger partial charge in [-0.1, -0.05) is 0 Å². The number of carbonyl (C=O) groups excluding carboxylic acids is 1. The second-order valence-electron chi connectivity index (χ2n) is 9.36. The molecule has 2 heterocycles. The summed E-state index contributed by atoms with van der Waals surface area (Å²) in [6.45, 7) is 5.11. The summed E-state index contributed by atoms with van der Waals surface area (Å²) in [6, 6.07) is 8.31. The van der Waals surface area contributed by atoms with Gasteiger partial charge in [-0.05, 0) is 67.1 Å². The molecule has 2 fully saturated rings. The van der Waals surface area contributed by atoms with E-state index in [2.05, 4.69) is 22.1 Å². The molecule has 1 atom stereocenters. The fraction of sp³-hybridized carbons (Fsp3) is 0.423. The first-order valence-corrected chi connectivity index (χ1v) is 11.8. The van der Waals surface area contributed by atoms with E-state index in [1.165, 1.54) is 18.2 Å². The van der Waals surface area contributed by atoms with Crippen LogP contribution in [0.2, 0.25) is 0 Å². The van der Waals surface area contributed by atoms with E-state index in [-0.39, 0.29) is 35.2 Å². The number of rotatable bonds is 6. The summed E-state index contributed by atoms with van der Waals surface area (Å²) in [4.78, 5) is 18.0. The van der Waals surface area contributed by atoms with E-state index in [0.717, 1.165) is 24.7 Å². The molecule has 1 aromatic heterocycles. The van der Waals surface area contributed by atoms with Crippen LogP contribution in [-0.2, 0) is 9.53 Å². The molecule has 2 N–H and O–H groups in total. The van der Waals surface area contributed by atoms with Gasteiger partial charge in [-0.15, -0.1) is 0 Å². The van der Waals surface area contributed by atoms with Crippen molar-refractivity contribution in [2.24, 2.45) is 0 Å². The lowest BCUT2D eigenvalue weighted by Crippen LogP contribution is -2.47. The van der Waals surface area contributed by atoms with Crippen LogP contribution < -0.4 is 5.32 Å². The Morgan fingerprint density at radius 3 is 2.53 bits per heavy atom. The number of nitrogens with zero attached hydrogens (tertiary/aromatic N) is 1. The van der Waals surface area contributed by atoms with Crippen LogP contribution in [0.1, 0.15) is 37.7 Å². The van der Waals surface area contributed by atoms with Crippen LogP contribution in [0.4, 0.5) is 13.2 Å². The third kappa shape index (κ3) is 4.57. The van der Waals surface area contributed by atoms with E-state index < -0.39 is 11.6 Å². The van der Waals surface area contributed by atoms with Crippen molar-refractivity contribution in [2.45, 2.75) is 44.2 Å². The van der Waals surface area contributed by atoms with Crippen molar-refractivity contribution in [1.82, 2.24) is 15.2 Å². The lowest BCUT2D eigenvalue weighted by Gasteiger charge is -2.37. The smallest absolute Gasteiger partial charge is 0.221 e. The van der Waals surface area contributed by atoms with E-state index in [1.54, 1.807) is 12.1 Å². The van der Waals surface area contributed by atoms with E-state index in [0.29, 0.717) is 49.1 Å². The zero-order valence-corrected chi connectivity index (χ0v) is 19.0. The maximum Gasteiger partial charge on any atom is 0.221 e. The van der Waals surface area contributed by atoms with Gasteiger partial charge in [0, 0.05) is 43.0 Å². The molecule has 180 valence electrons. The molecule has 1 saturated carbocycles. The van der Waals surface area contributed by atoms with Gasteiger partial charge in [0.25, 0.3) is 0 Å². The maximum absolute atomic E-state index is 14.5. The minimum atomic E-state index is -0.661. The number of nitrogens with one attached hydrogen (secondary N) is 2. The molecule has 0 bridgehead atoms. The highest BCUT2D eigenvalue weighted by Crippen LogP contribution is 2.45. The van der Waals surface area contributed by atoms with Gasteiger partial charge in [0.05, 0.1) is 24.4 Å². The van der Waals surface area contributed by atoms with Crippen molar-refractivity contribution < 1.29 is 22.7 Å². The van der Waals surface area contributed by atoms with Gasteiger partial charge in [0.2, 0.25) is 5.91 Å². The van der Waals surface area contributed by atoms with Crippen LogP contribution in [0.3, 0.4) is 0 Å². The monoisotopic (exact) mass is 471 g/mol. The van der Waals surface area contributed by atoms with E-state index in [4.69, 9.17) is 4.74 Å². The lowest BCUT2D eigenvalue weighted by molar-refractivity contribution is -0.124. The largest absolute Gasteiger partial charge is 0.379 e. The van der Waals surface area contributed by atoms with Crippen molar-refractivity contribution >= 4 is 16.8 Å². The average Bonchev–Trinajstić information content (AvgIpc) is 3.16. The van der Waals surface area contributed by atoms with Gasteiger partial charge in [0.15, 0.2) is 0 Å². The Morgan fingerprint density at radius 2 is 1.82 bits per heavy atom. The second kappa shape index (κ2) is 9.43. The Balaban J connectivity index is 1.31. The van der Waals surface area contributed by atoms with Gasteiger partial charge in [-0.25, -0.2) is 13.2 Å². The van der Waals surface area contributed by atoms with Gasteiger partial charge >= 0.3 is 0 Å². The lowest BCUT2D eigenvalue weighted by atomic mass is 9.74. The molecule has 1 aliphatic heterocycles. The van der Waals surface area contributed by atoms with Crippen LogP contribution in [0, 0.1) is 17.5 Å². The van der Waals surface area contributed by atoms with Gasteiger partial charge in [-0.3, -0.25) is 9.69 Å². The van der Waals surface area contributed by atoms with Gasteiger partial charge < -0.3 is 15.0 Å². The third-order valence-corrected chi connectivity index (χ3v) is 7.06. The highest BCUT2D eigenvalue weighted by molar-refractivity contribution is 5.92. The molecular weight excluding hydrogens is 443 g/mol. The summed E-state index contributed by atoms with van der Waals surface area (Å²) in [5.41, 5.74) is 2.42. The number of carbonyl (C=O) groups is 1. The Labute approximate surface area is 196 Å². The standard InChI is InChI=1S/C26H28F3N3O2/c1-15(32-6-8-34-9-7-32)10-23(33)30-20-11-17(12-20)24-21-13-19(28)14-22(29)26(21)31-25(24)16-2-4-18(27)5-3-16/h2-5,13-15,17,20,31H,6-12H2,1H3,(H,30,33)/t15?,17-,20+. The molecule has 1 unspecified atom stereocenters. The molecule has 5 nitrogen and oxygen atoms in total. The molecule has 0 radical (unpaired) electrons. The summed E-state index contributed by atoms with van der Waals surface area (Å²) < 4.78 is 47.5. The van der Waals surface area contributed by atoms with Crippen molar-refractivity contribution in [3.05, 3.63) is 59.4 Å². The fourth-order valence-corrected chi connectivity index (χ4v) is 5.18. The fourth-order valence-electron chi connectivity index (χ4n) is 5.18. The number of morpholine rings is 1. The zero-order chi connectivity index (χ0) is 23.8. The molecule has 2 aromatic carbocycles. The third-order valence-electron chi connectivity index (χ3n) is 7.06. The summed E-state index contributed by atoms with van der Waals surface area (Å²) in [5, 5.41) is 3.60. The predicted molar refractivity (Wildman–Crippen MR) is 124 cm³/mol. The highest BCUT2D eigenvalue weighted by Gasteiger charge is 2.36. The van der Waals surface area contributed by atoms with Crippen LogP contribution in [0.15, 0.2) is 36.4 Å². The molecule has 0 spiro atoms. The first-order valence-electron chi connectivity index (χ1n) is 11.8. The van der Waals surface area contributed by atoms with Crippen molar-refractivity contribution in [2.75, 3.05) is 26.3 Å². The number of fused-ring (bicyclic) bond motifs is 1. The van der Waals surface area contributed by atoms with Crippen molar-refractivity contribution in [3.8, 4) is 11.3 Å². The summed E-state index contributed by atoms with van der Waals surface area (Å²) >= 11 is 0. The van der Waals surface area contributed by atoms with E-state index >= 15 is 0 Å². The Kier molecular flexibility index (Phi) is 6.36. The van der Waals surface area contributed by atoms with Crippen molar-refractivity contribution in [3.63, 3.8) is 0 Å². The number of hydrogen-bond acceptors (Lipinski definition) is 3. The van der Waals surface area contributed by atoms with Crippen LogP contribution in [0.5, 0.6) is 0 Å². The normalized spacial score (nSPS) is 21.9. The van der Waals surface area contributed by atoms with Gasteiger partial charge in [-0.2, -0.15) is 0 Å². The highest BCUT2D eigenvalue weighted by atomic mass is 19.1. The predicted octanol–water partition coefficient (Wildman–Crippen LogP) is 4.73. The molecule has 1 aliphatic carbocycles. The van der Waals surface area contributed by atoms with Crippen LogP contribution in [0.25, 0.3) is 22.2 Å². The zero-order valence-electron chi connectivity index (χ0n) is 19.0. The molecule has 1 saturated heterocycles.